The molecular weight excluding hydrogens is 675 g/mol. The number of para-hydroxylation sites is 1. The summed E-state index contributed by atoms with van der Waals surface area (Å²) in [6, 6.07) is 16.5. The van der Waals surface area contributed by atoms with E-state index < -0.39 is 38.5 Å². The lowest BCUT2D eigenvalue weighted by atomic mass is 9.82. The number of methoxy groups -OCH3 is 2. The van der Waals surface area contributed by atoms with Crippen molar-refractivity contribution in [2.45, 2.75) is 37.6 Å². The summed E-state index contributed by atoms with van der Waals surface area (Å²) < 4.78 is 84.8. The van der Waals surface area contributed by atoms with Crippen LogP contribution < -0.4 is 29.1 Å². The molecule has 5 rings (SSSR count). The lowest BCUT2D eigenvalue weighted by Crippen LogP contribution is -2.49. The van der Waals surface area contributed by atoms with Gasteiger partial charge in [0.15, 0.2) is 11.3 Å². The van der Waals surface area contributed by atoms with Crippen molar-refractivity contribution in [3.05, 3.63) is 100 Å². The summed E-state index contributed by atoms with van der Waals surface area (Å²) in [5.74, 6) is -2.51. The third kappa shape index (κ3) is 5.97. The molecule has 0 aliphatic carbocycles. The van der Waals surface area contributed by atoms with Crippen LogP contribution in [0.25, 0.3) is 0 Å². The average molecular weight is 704 g/mol. The highest BCUT2D eigenvalue weighted by Crippen LogP contribution is 2.53. The number of alkyl halides is 3. The van der Waals surface area contributed by atoms with Gasteiger partial charge in [0.25, 0.3) is 15.9 Å². The maximum atomic E-state index is 15.1. The minimum Gasteiger partial charge on any atom is -0.497 e. The first-order valence-electron chi connectivity index (χ1n) is 14.2. The normalized spacial score (nSPS) is 15.9. The fourth-order valence-electron chi connectivity index (χ4n) is 5.69. The molecule has 10 nitrogen and oxygen atoms in total. The second-order valence-corrected chi connectivity index (χ2v) is 13.0. The predicted octanol–water partition coefficient (Wildman–Crippen LogP) is 6.92. The highest BCUT2D eigenvalue weighted by Gasteiger charge is 2.58. The smallest absolute Gasteiger partial charge is 0.497 e. The fourth-order valence-corrected chi connectivity index (χ4v) is 7.42. The molecule has 1 aliphatic heterocycles. The first-order valence-corrected chi connectivity index (χ1v) is 16.0. The molecule has 1 atom stereocenters. The van der Waals surface area contributed by atoms with Gasteiger partial charge in [-0.1, -0.05) is 35.9 Å². The van der Waals surface area contributed by atoms with E-state index in [0.29, 0.717) is 26.8 Å². The Bertz CT molecular complexity index is 2060. The number of nitrogens with zero attached hydrogens (tertiary/aromatic N) is 1. The molecule has 48 heavy (non-hydrogen) atoms. The molecule has 1 aliphatic rings. The molecule has 252 valence electrons. The van der Waals surface area contributed by atoms with E-state index in [2.05, 4.69) is 15.4 Å². The molecule has 2 amide bonds. The summed E-state index contributed by atoms with van der Waals surface area (Å²) in [4.78, 5) is 26.2. The third-order valence-corrected chi connectivity index (χ3v) is 9.76. The Hall–Kier alpha value is -4.95. The van der Waals surface area contributed by atoms with Gasteiger partial charge in [-0.3, -0.25) is 9.59 Å². The van der Waals surface area contributed by atoms with E-state index in [1.54, 1.807) is 50.2 Å². The van der Waals surface area contributed by atoms with Crippen molar-refractivity contribution in [1.82, 2.24) is 0 Å². The molecule has 4 aromatic rings. The Morgan fingerprint density at radius 2 is 1.62 bits per heavy atom. The number of ether oxygens (including phenoxy) is 3. The van der Waals surface area contributed by atoms with Gasteiger partial charge in [0, 0.05) is 40.5 Å². The van der Waals surface area contributed by atoms with Gasteiger partial charge in [-0.2, -0.15) is 4.31 Å². The van der Waals surface area contributed by atoms with E-state index in [4.69, 9.17) is 21.1 Å². The summed E-state index contributed by atoms with van der Waals surface area (Å²) in [5, 5.41) is 6.15. The molecule has 0 saturated carbocycles. The minimum atomic E-state index is -5.28. The van der Waals surface area contributed by atoms with Crippen LogP contribution in [-0.4, -0.2) is 40.8 Å². The van der Waals surface area contributed by atoms with Crippen LogP contribution in [-0.2, 0) is 25.2 Å². The zero-order chi connectivity index (χ0) is 35.2. The number of halogens is 4. The number of nitrogens with one attached hydrogen (secondary N) is 2. The van der Waals surface area contributed by atoms with Crippen molar-refractivity contribution >= 4 is 50.5 Å². The van der Waals surface area contributed by atoms with Gasteiger partial charge in [0.05, 0.1) is 19.9 Å². The molecule has 4 aromatic carbocycles. The number of aryl methyl sites for hydroxylation is 1. The van der Waals surface area contributed by atoms with E-state index in [9.17, 15) is 26.4 Å². The summed E-state index contributed by atoms with van der Waals surface area (Å²) in [6.07, 6.45) is -5.28. The highest BCUT2D eigenvalue weighted by atomic mass is 35.5. The lowest BCUT2D eigenvalue weighted by molar-refractivity contribution is -0.275. The van der Waals surface area contributed by atoms with Crippen molar-refractivity contribution < 1.29 is 45.4 Å². The lowest BCUT2D eigenvalue weighted by Gasteiger charge is -2.34. The van der Waals surface area contributed by atoms with E-state index >= 15 is 4.79 Å². The zero-order valence-electron chi connectivity index (χ0n) is 26.2. The Morgan fingerprint density at radius 1 is 0.917 bits per heavy atom. The molecule has 0 unspecified atom stereocenters. The summed E-state index contributed by atoms with van der Waals surface area (Å²) >= 11 is 6.47. The summed E-state index contributed by atoms with van der Waals surface area (Å²) in [6.45, 7) is 4.77. The van der Waals surface area contributed by atoms with Crippen LogP contribution in [0.15, 0.2) is 77.7 Å². The molecular formula is C33H29ClF3N3O7S. The maximum absolute atomic E-state index is 15.1. The van der Waals surface area contributed by atoms with Gasteiger partial charge in [0.1, 0.15) is 16.4 Å². The number of hydrogen-bond donors (Lipinski definition) is 2. The molecule has 0 saturated heterocycles. The molecule has 0 spiro atoms. The van der Waals surface area contributed by atoms with Crippen molar-refractivity contribution in [2.75, 3.05) is 29.2 Å². The molecule has 0 radical (unpaired) electrons. The third-order valence-electron chi connectivity index (χ3n) is 7.79. The molecule has 0 aromatic heterocycles. The number of carbonyl (C=O) groups is 2. The van der Waals surface area contributed by atoms with Crippen LogP contribution in [0.4, 0.5) is 30.2 Å². The van der Waals surface area contributed by atoms with E-state index in [0.717, 1.165) is 18.2 Å². The summed E-state index contributed by atoms with van der Waals surface area (Å²) in [5.41, 5.74) is -0.160. The van der Waals surface area contributed by atoms with E-state index in [1.807, 2.05) is 0 Å². The SMILES string of the molecule is COc1ccc(S(=O)(=O)N2C(=O)[C@@](Nc3c(C)ccc(NC(C)=O)c3C)(c3ccccc3OC)c3cc(Cl)ccc32)c(OC(F)(F)F)c1. The van der Waals surface area contributed by atoms with Gasteiger partial charge < -0.3 is 24.8 Å². The van der Waals surface area contributed by atoms with Crippen molar-refractivity contribution in [3.63, 3.8) is 0 Å². The fraction of sp³-hybridized carbons (Fsp3) is 0.212. The van der Waals surface area contributed by atoms with Crippen molar-refractivity contribution in [3.8, 4) is 17.2 Å². The van der Waals surface area contributed by atoms with Crippen LogP contribution in [0.3, 0.4) is 0 Å². The van der Waals surface area contributed by atoms with Gasteiger partial charge in [-0.05, 0) is 67.4 Å². The van der Waals surface area contributed by atoms with Crippen molar-refractivity contribution in [2.24, 2.45) is 0 Å². The number of benzene rings is 4. The van der Waals surface area contributed by atoms with Crippen LogP contribution >= 0.6 is 11.6 Å². The number of carbonyl (C=O) groups excluding carboxylic acids is 2. The van der Waals surface area contributed by atoms with E-state index in [1.165, 1.54) is 39.3 Å². The second kappa shape index (κ2) is 12.6. The van der Waals surface area contributed by atoms with Gasteiger partial charge in [-0.15, -0.1) is 13.2 Å². The quantitative estimate of drug-likeness (QED) is 0.193. The Kier molecular flexibility index (Phi) is 9.01. The van der Waals surface area contributed by atoms with Gasteiger partial charge in [0.2, 0.25) is 5.91 Å². The van der Waals surface area contributed by atoms with Gasteiger partial charge in [-0.25, -0.2) is 8.42 Å². The number of hydrogen-bond acceptors (Lipinski definition) is 8. The molecule has 2 N–H and O–H groups in total. The first-order chi connectivity index (χ1) is 22.5. The highest BCUT2D eigenvalue weighted by molar-refractivity contribution is 7.93. The average Bonchev–Trinajstić information content (AvgIpc) is 3.27. The van der Waals surface area contributed by atoms with Crippen LogP contribution in [0.2, 0.25) is 5.02 Å². The molecule has 0 bridgehead atoms. The van der Waals surface area contributed by atoms with Crippen LogP contribution in [0.5, 0.6) is 17.2 Å². The van der Waals surface area contributed by atoms with Crippen LogP contribution in [0.1, 0.15) is 29.2 Å². The Labute approximate surface area is 279 Å². The predicted molar refractivity (Wildman–Crippen MR) is 173 cm³/mol. The monoisotopic (exact) mass is 703 g/mol. The summed E-state index contributed by atoms with van der Waals surface area (Å²) in [7, 11) is -2.61. The molecule has 0 fully saturated rings. The number of rotatable bonds is 9. The first kappa shape index (κ1) is 34.4. The number of amides is 2. The Morgan fingerprint density at radius 3 is 2.27 bits per heavy atom. The van der Waals surface area contributed by atoms with Crippen molar-refractivity contribution in [1.29, 1.82) is 0 Å². The Balaban J connectivity index is 1.84. The number of anilines is 3. The molecule has 1 heterocycles. The van der Waals surface area contributed by atoms with Crippen LogP contribution in [0, 0.1) is 13.8 Å². The second-order valence-electron chi connectivity index (χ2n) is 10.8. The number of fused-ring (bicyclic) bond motifs is 1. The minimum absolute atomic E-state index is 0.0589. The maximum Gasteiger partial charge on any atom is 0.573 e. The number of sulfonamides is 1. The van der Waals surface area contributed by atoms with Gasteiger partial charge >= 0.3 is 6.36 Å². The zero-order valence-corrected chi connectivity index (χ0v) is 27.7. The van der Waals surface area contributed by atoms with E-state index in [-0.39, 0.29) is 39.2 Å². The topological polar surface area (TPSA) is 123 Å². The largest absolute Gasteiger partial charge is 0.573 e. The molecule has 15 heteroatoms. The standard InChI is InChI=1S/C33H29ClF3N3O7S/c1-18-10-13-25(38-20(3)41)19(2)30(18)39-32(23-8-6-7-9-27(23)46-5)24-16-21(34)11-14-26(24)40(31(32)42)48(43,44)29-15-12-22(45-4)17-28(29)47-33(35,36)37/h6-17,39H,1-5H3,(H,38,41)/t32-/m1/s1.